The normalized spacial score (nSPS) is 11.3. The van der Waals surface area contributed by atoms with Crippen LogP contribution < -0.4 is 11.2 Å². The van der Waals surface area contributed by atoms with E-state index in [2.05, 4.69) is 15.9 Å². The minimum Gasteiger partial charge on any atom is -0.396 e. The summed E-state index contributed by atoms with van der Waals surface area (Å²) in [7, 11) is 2.95. The van der Waals surface area contributed by atoms with Crippen molar-refractivity contribution in [1.29, 1.82) is 0 Å². The molecule has 0 atom stereocenters. The molecule has 0 bridgehead atoms. The van der Waals surface area contributed by atoms with Crippen LogP contribution in [0.15, 0.2) is 38.5 Å². The predicted molar refractivity (Wildman–Crippen MR) is 104 cm³/mol. The molecule has 0 amide bonds. The molecule has 1 N–H and O–H groups in total. The van der Waals surface area contributed by atoms with Gasteiger partial charge < -0.3 is 9.67 Å². The van der Waals surface area contributed by atoms with Gasteiger partial charge in [-0.05, 0) is 12.5 Å². The molecule has 0 aliphatic heterocycles. The van der Waals surface area contributed by atoms with Crippen LogP contribution >= 0.6 is 15.9 Å². The van der Waals surface area contributed by atoms with Crippen molar-refractivity contribution < 1.29 is 10.0 Å². The quantitative estimate of drug-likeness (QED) is 0.483. The van der Waals surface area contributed by atoms with Crippen molar-refractivity contribution in [3.8, 4) is 11.3 Å². The maximum Gasteiger partial charge on any atom is 0.330 e. The molecule has 1 aromatic carbocycles. The summed E-state index contributed by atoms with van der Waals surface area (Å²) in [6.07, 6.45) is 2.09. The Morgan fingerprint density at radius 2 is 1.93 bits per heavy atom. The van der Waals surface area contributed by atoms with Gasteiger partial charge in [0.05, 0.1) is 21.5 Å². The number of hydrogen-bond acceptors (Lipinski definition) is 5. The Hall–Kier alpha value is -2.72. The van der Waals surface area contributed by atoms with Crippen molar-refractivity contribution in [2.24, 2.45) is 14.1 Å². The van der Waals surface area contributed by atoms with E-state index in [4.69, 9.17) is 0 Å². The number of aryl methyl sites for hydroxylation is 2. The number of nitro benzene ring substituents is 1. The molecule has 0 saturated carbocycles. The van der Waals surface area contributed by atoms with Gasteiger partial charge in [0.2, 0.25) is 0 Å². The molecular formula is C17H17BrN4O5. The molecule has 10 heteroatoms. The molecule has 0 spiro atoms. The third kappa shape index (κ3) is 3.10. The van der Waals surface area contributed by atoms with E-state index >= 15 is 0 Å². The van der Waals surface area contributed by atoms with Gasteiger partial charge in [0, 0.05) is 55.6 Å². The largest absolute Gasteiger partial charge is 0.396 e. The lowest BCUT2D eigenvalue weighted by Crippen LogP contribution is -2.36. The van der Waals surface area contributed by atoms with Gasteiger partial charge in [0.15, 0.2) is 0 Å². The van der Waals surface area contributed by atoms with E-state index in [1.807, 2.05) is 0 Å². The summed E-state index contributed by atoms with van der Waals surface area (Å²) in [6, 6.07) is 4.30. The second-order valence-corrected chi connectivity index (χ2v) is 6.99. The second kappa shape index (κ2) is 7.12. The fourth-order valence-corrected chi connectivity index (χ4v) is 3.54. The highest BCUT2D eigenvalue weighted by molar-refractivity contribution is 9.10. The summed E-state index contributed by atoms with van der Waals surface area (Å²) in [5.74, 6) is 0. The Bertz CT molecular complexity index is 1170. The van der Waals surface area contributed by atoms with Crippen molar-refractivity contribution in [3.05, 3.63) is 59.8 Å². The average Bonchev–Trinajstić information content (AvgIpc) is 3.02. The summed E-state index contributed by atoms with van der Waals surface area (Å²) < 4.78 is 4.69. The number of benzene rings is 1. The Morgan fingerprint density at radius 1 is 1.22 bits per heavy atom. The van der Waals surface area contributed by atoms with Crippen LogP contribution in [0.1, 0.15) is 6.42 Å². The van der Waals surface area contributed by atoms with Crippen LogP contribution in [-0.2, 0) is 20.6 Å². The van der Waals surface area contributed by atoms with Crippen molar-refractivity contribution >= 4 is 32.5 Å². The lowest BCUT2D eigenvalue weighted by Gasteiger charge is -2.11. The van der Waals surface area contributed by atoms with E-state index in [1.54, 1.807) is 23.9 Å². The molecule has 0 radical (unpaired) electrons. The molecule has 0 aliphatic rings. The van der Waals surface area contributed by atoms with Gasteiger partial charge in [-0.3, -0.25) is 24.0 Å². The Morgan fingerprint density at radius 3 is 2.56 bits per heavy atom. The maximum absolute atomic E-state index is 12.9. The van der Waals surface area contributed by atoms with E-state index in [9.17, 15) is 24.8 Å². The average molecular weight is 437 g/mol. The zero-order valence-electron chi connectivity index (χ0n) is 14.7. The lowest BCUT2D eigenvalue weighted by molar-refractivity contribution is -0.384. The summed E-state index contributed by atoms with van der Waals surface area (Å²) >= 11 is 3.40. The number of aliphatic hydroxyl groups excluding tert-OH is 1. The zero-order chi connectivity index (χ0) is 19.9. The highest BCUT2D eigenvalue weighted by Gasteiger charge is 2.22. The molecule has 9 nitrogen and oxygen atoms in total. The number of aliphatic hydroxyl groups is 1. The van der Waals surface area contributed by atoms with Crippen LogP contribution in [0.25, 0.3) is 22.2 Å². The molecule has 0 saturated heterocycles. The predicted octanol–water partition coefficient (Wildman–Crippen LogP) is 1.76. The van der Waals surface area contributed by atoms with Gasteiger partial charge in [-0.2, -0.15) is 0 Å². The molecular weight excluding hydrogens is 420 g/mol. The maximum atomic E-state index is 12.9. The molecule has 3 aromatic rings. The van der Waals surface area contributed by atoms with E-state index in [0.29, 0.717) is 39.6 Å². The van der Waals surface area contributed by atoms with E-state index < -0.39 is 16.2 Å². The van der Waals surface area contributed by atoms with Crippen LogP contribution in [-0.4, -0.2) is 30.3 Å². The van der Waals surface area contributed by atoms with Crippen molar-refractivity contribution in [3.63, 3.8) is 0 Å². The number of non-ortho nitro benzene ring substituents is 1. The Labute approximate surface area is 161 Å². The number of aromatic nitrogens is 3. The number of halogens is 1. The number of nitro groups is 1. The summed E-state index contributed by atoms with van der Waals surface area (Å²) in [5.41, 5.74) is 0.297. The van der Waals surface area contributed by atoms with E-state index in [1.165, 1.54) is 23.7 Å². The van der Waals surface area contributed by atoms with Crippen LogP contribution in [0.5, 0.6) is 0 Å². The third-order valence-corrected chi connectivity index (χ3v) is 5.18. The zero-order valence-corrected chi connectivity index (χ0v) is 16.3. The summed E-state index contributed by atoms with van der Waals surface area (Å²) in [5, 5.41) is 20.7. The Kier molecular flexibility index (Phi) is 5.03. The van der Waals surface area contributed by atoms with Crippen LogP contribution in [0, 0.1) is 10.1 Å². The van der Waals surface area contributed by atoms with Gasteiger partial charge in [-0.1, -0.05) is 15.9 Å². The smallest absolute Gasteiger partial charge is 0.330 e. The van der Waals surface area contributed by atoms with Crippen LogP contribution in [0.3, 0.4) is 0 Å². The van der Waals surface area contributed by atoms with Crippen molar-refractivity contribution in [2.45, 2.75) is 13.0 Å². The first-order chi connectivity index (χ1) is 12.8. The summed E-state index contributed by atoms with van der Waals surface area (Å²) in [4.78, 5) is 35.8. The van der Waals surface area contributed by atoms with Crippen LogP contribution in [0.2, 0.25) is 0 Å². The molecule has 0 aliphatic carbocycles. The molecule has 0 fully saturated rings. The molecule has 3 rings (SSSR count). The van der Waals surface area contributed by atoms with E-state index in [0.717, 1.165) is 4.57 Å². The topological polar surface area (TPSA) is 112 Å². The van der Waals surface area contributed by atoms with Crippen molar-refractivity contribution in [1.82, 2.24) is 13.7 Å². The first-order valence-electron chi connectivity index (χ1n) is 8.12. The third-order valence-electron chi connectivity index (χ3n) is 4.49. The fraction of sp³-hybridized carbons (Fsp3) is 0.294. The first-order valence-corrected chi connectivity index (χ1v) is 8.91. The second-order valence-electron chi connectivity index (χ2n) is 6.14. The molecule has 142 valence electrons. The van der Waals surface area contributed by atoms with Gasteiger partial charge >= 0.3 is 5.69 Å². The highest BCUT2D eigenvalue weighted by Crippen LogP contribution is 2.36. The number of nitrogens with zero attached hydrogens (tertiary/aromatic N) is 4. The van der Waals surface area contributed by atoms with Gasteiger partial charge in [-0.25, -0.2) is 4.79 Å². The minimum atomic E-state index is -0.507. The molecule has 2 heterocycles. The number of rotatable bonds is 5. The number of hydrogen-bond donors (Lipinski definition) is 1. The standard InChI is InChI=1S/C17H17BrN4O5/c1-19-13-9-21(6-3-7-23)15(14(13)16(24)20(2)17(19)25)11-8-10(22(26)27)4-5-12(11)18/h4-5,8-9,23H,3,6-7H2,1-2H3. The van der Waals surface area contributed by atoms with Gasteiger partial charge in [0.25, 0.3) is 11.2 Å². The lowest BCUT2D eigenvalue weighted by atomic mass is 10.1. The highest BCUT2D eigenvalue weighted by atomic mass is 79.9. The first kappa shape index (κ1) is 19.1. The summed E-state index contributed by atoms with van der Waals surface area (Å²) in [6.45, 7) is 0.327. The monoisotopic (exact) mass is 436 g/mol. The SMILES string of the molecule is Cn1c(=O)c2c(-c3cc([N+](=O)[O-])ccc3Br)n(CCCO)cc2n(C)c1=O. The number of fused-ring (bicyclic) bond motifs is 1. The molecule has 2 aromatic heterocycles. The Balaban J connectivity index is 2.47. The van der Waals surface area contributed by atoms with Crippen molar-refractivity contribution in [2.75, 3.05) is 6.61 Å². The fourth-order valence-electron chi connectivity index (χ4n) is 3.10. The van der Waals surface area contributed by atoms with Crippen LogP contribution in [0.4, 0.5) is 5.69 Å². The van der Waals surface area contributed by atoms with Gasteiger partial charge in [0.1, 0.15) is 0 Å². The molecule has 27 heavy (non-hydrogen) atoms. The van der Waals surface area contributed by atoms with Gasteiger partial charge in [-0.15, -0.1) is 0 Å². The minimum absolute atomic E-state index is 0.0546. The van der Waals surface area contributed by atoms with E-state index in [-0.39, 0.29) is 12.3 Å². The molecule has 0 unspecified atom stereocenters.